The van der Waals surface area contributed by atoms with Gasteiger partial charge in [-0.05, 0) is 88.0 Å². The zero-order valence-electron chi connectivity index (χ0n) is 19.8. The van der Waals surface area contributed by atoms with Gasteiger partial charge in [0.15, 0.2) is 16.3 Å². The van der Waals surface area contributed by atoms with Gasteiger partial charge in [-0.2, -0.15) is 0 Å². The number of nitrogens with zero attached hydrogens (tertiary/aromatic N) is 2. The van der Waals surface area contributed by atoms with Crippen LogP contribution >= 0.6 is 33.9 Å². The van der Waals surface area contributed by atoms with E-state index in [1.807, 2.05) is 53.1 Å². The van der Waals surface area contributed by atoms with Crippen molar-refractivity contribution in [3.8, 4) is 11.5 Å². The Balaban J connectivity index is 1.62. The van der Waals surface area contributed by atoms with E-state index >= 15 is 0 Å². The molecule has 1 aliphatic carbocycles. The van der Waals surface area contributed by atoms with Gasteiger partial charge in [-0.15, -0.1) is 0 Å². The van der Waals surface area contributed by atoms with Crippen LogP contribution in [-0.4, -0.2) is 18.8 Å². The van der Waals surface area contributed by atoms with Crippen molar-refractivity contribution in [2.45, 2.75) is 18.9 Å². The third-order valence-corrected chi connectivity index (χ3v) is 8.47. The highest BCUT2D eigenvalue weighted by Crippen LogP contribution is 2.42. The van der Waals surface area contributed by atoms with Gasteiger partial charge in [0, 0.05) is 9.13 Å². The standard InChI is InChI=1S/C29H23IN2O3S/c1-34-23-14-10-19(16-24(23)35-2)27-22-13-9-18-5-3-4-6-21(18)26(22)31-29-32(27)28(33)25(36-29)15-17-7-11-20(30)12-8-17/h3-8,10-12,14-16,27H,9,13H2,1-2H3/b25-15-/t27-/m0/s1. The van der Waals surface area contributed by atoms with E-state index < -0.39 is 0 Å². The predicted molar refractivity (Wildman–Crippen MR) is 151 cm³/mol. The van der Waals surface area contributed by atoms with E-state index in [9.17, 15) is 4.79 Å². The van der Waals surface area contributed by atoms with E-state index in [1.54, 1.807) is 14.2 Å². The molecule has 0 saturated heterocycles. The minimum absolute atomic E-state index is 0.0255. The maximum atomic E-state index is 13.9. The lowest BCUT2D eigenvalue weighted by molar-refractivity contribution is 0.354. The van der Waals surface area contributed by atoms with Gasteiger partial charge >= 0.3 is 0 Å². The SMILES string of the molecule is COc1ccc([C@H]2C3=C(N=c4s/c(=C\c5ccc(I)cc5)c(=O)n42)c2ccccc2CC3)cc1OC. The average molecular weight is 606 g/mol. The van der Waals surface area contributed by atoms with Gasteiger partial charge in [0.25, 0.3) is 5.56 Å². The Morgan fingerprint density at radius 2 is 1.78 bits per heavy atom. The first kappa shape index (κ1) is 23.2. The first-order valence-electron chi connectivity index (χ1n) is 11.7. The summed E-state index contributed by atoms with van der Waals surface area (Å²) in [4.78, 5) is 19.7. The molecule has 3 aromatic carbocycles. The van der Waals surface area contributed by atoms with Crippen molar-refractivity contribution in [2.24, 2.45) is 4.99 Å². The lowest BCUT2D eigenvalue weighted by Gasteiger charge is -2.31. The summed E-state index contributed by atoms with van der Waals surface area (Å²) in [5, 5.41) is 0. The number of hydrogen-bond donors (Lipinski definition) is 0. The second kappa shape index (κ2) is 9.37. The zero-order chi connectivity index (χ0) is 24.8. The van der Waals surface area contributed by atoms with E-state index in [-0.39, 0.29) is 11.6 Å². The lowest BCUT2D eigenvalue weighted by atomic mass is 9.83. The van der Waals surface area contributed by atoms with Crippen molar-refractivity contribution in [3.63, 3.8) is 0 Å². The maximum Gasteiger partial charge on any atom is 0.271 e. The van der Waals surface area contributed by atoms with Crippen LogP contribution in [0.25, 0.3) is 11.8 Å². The molecule has 0 amide bonds. The molecular weight excluding hydrogens is 583 g/mol. The van der Waals surface area contributed by atoms with Gasteiger partial charge in [0.1, 0.15) is 0 Å². The van der Waals surface area contributed by atoms with Gasteiger partial charge in [0.05, 0.1) is 30.5 Å². The minimum atomic E-state index is -0.261. The summed E-state index contributed by atoms with van der Waals surface area (Å²) in [6, 6.07) is 22.3. The summed E-state index contributed by atoms with van der Waals surface area (Å²) >= 11 is 3.73. The predicted octanol–water partition coefficient (Wildman–Crippen LogP) is 4.94. The summed E-state index contributed by atoms with van der Waals surface area (Å²) in [5.41, 5.74) is 6.55. The molecular formula is C29H23IN2O3S. The summed E-state index contributed by atoms with van der Waals surface area (Å²) in [6.07, 6.45) is 3.72. The number of fused-ring (bicyclic) bond motifs is 3. The first-order valence-corrected chi connectivity index (χ1v) is 13.6. The lowest BCUT2D eigenvalue weighted by Crippen LogP contribution is -2.38. The molecule has 0 radical (unpaired) electrons. The van der Waals surface area contributed by atoms with Crippen molar-refractivity contribution in [1.82, 2.24) is 4.57 Å². The Hall–Kier alpha value is -3.17. The Labute approximate surface area is 226 Å². The molecule has 2 heterocycles. The molecule has 5 nitrogen and oxygen atoms in total. The highest BCUT2D eigenvalue weighted by molar-refractivity contribution is 14.1. The van der Waals surface area contributed by atoms with Crippen molar-refractivity contribution < 1.29 is 9.47 Å². The van der Waals surface area contributed by atoms with Crippen molar-refractivity contribution in [1.29, 1.82) is 0 Å². The highest BCUT2D eigenvalue weighted by atomic mass is 127. The smallest absolute Gasteiger partial charge is 0.271 e. The summed E-state index contributed by atoms with van der Waals surface area (Å²) < 4.78 is 14.8. The summed E-state index contributed by atoms with van der Waals surface area (Å²) in [7, 11) is 3.26. The van der Waals surface area contributed by atoms with Crippen molar-refractivity contribution in [2.75, 3.05) is 14.2 Å². The van der Waals surface area contributed by atoms with Crippen LogP contribution in [0, 0.1) is 3.57 Å². The van der Waals surface area contributed by atoms with Crippen LogP contribution in [0.1, 0.15) is 34.7 Å². The second-order valence-electron chi connectivity index (χ2n) is 8.78. The van der Waals surface area contributed by atoms with E-state index in [0.717, 1.165) is 44.4 Å². The molecule has 2 aliphatic rings. The third-order valence-electron chi connectivity index (χ3n) is 6.76. The van der Waals surface area contributed by atoms with Crippen molar-refractivity contribution >= 4 is 45.7 Å². The fourth-order valence-corrected chi connectivity index (χ4v) is 6.42. The minimum Gasteiger partial charge on any atom is -0.493 e. The number of aromatic nitrogens is 1. The second-order valence-corrected chi connectivity index (χ2v) is 11.0. The van der Waals surface area contributed by atoms with Crippen LogP contribution in [-0.2, 0) is 6.42 Å². The highest BCUT2D eigenvalue weighted by Gasteiger charge is 2.33. The van der Waals surface area contributed by atoms with Crippen LogP contribution in [0.5, 0.6) is 11.5 Å². The topological polar surface area (TPSA) is 52.8 Å². The Bertz CT molecular complexity index is 1700. The Kier molecular flexibility index (Phi) is 6.05. The first-order chi connectivity index (χ1) is 17.6. The molecule has 7 heteroatoms. The number of rotatable bonds is 4. The summed E-state index contributed by atoms with van der Waals surface area (Å²) in [6.45, 7) is 0. The van der Waals surface area contributed by atoms with E-state index in [2.05, 4.69) is 46.9 Å². The van der Waals surface area contributed by atoms with Gasteiger partial charge in [-0.25, -0.2) is 4.99 Å². The Morgan fingerprint density at radius 1 is 1.00 bits per heavy atom. The van der Waals surface area contributed by atoms with Gasteiger partial charge in [0.2, 0.25) is 0 Å². The normalized spacial score (nSPS) is 16.6. The molecule has 36 heavy (non-hydrogen) atoms. The molecule has 1 aromatic heterocycles. The van der Waals surface area contributed by atoms with Crippen LogP contribution in [0.2, 0.25) is 0 Å². The molecule has 1 aliphatic heterocycles. The monoisotopic (exact) mass is 606 g/mol. The molecule has 0 fully saturated rings. The van der Waals surface area contributed by atoms with Crippen molar-refractivity contribution in [3.05, 3.63) is 118 Å². The molecule has 0 bridgehead atoms. The third kappa shape index (κ3) is 3.90. The molecule has 0 spiro atoms. The van der Waals surface area contributed by atoms with Crippen LogP contribution in [0.3, 0.4) is 0 Å². The fourth-order valence-electron chi connectivity index (χ4n) is 5.06. The maximum absolute atomic E-state index is 13.9. The van der Waals surface area contributed by atoms with Gasteiger partial charge in [-0.3, -0.25) is 9.36 Å². The number of hydrogen-bond acceptors (Lipinski definition) is 5. The molecule has 6 rings (SSSR count). The number of halogens is 1. The fraction of sp³-hybridized carbons (Fsp3) is 0.172. The molecule has 0 unspecified atom stereocenters. The number of benzene rings is 3. The Morgan fingerprint density at radius 3 is 2.56 bits per heavy atom. The quantitative estimate of drug-likeness (QED) is 0.310. The van der Waals surface area contributed by atoms with E-state index in [1.165, 1.54) is 16.9 Å². The number of allylic oxidation sites excluding steroid dienone is 1. The number of ether oxygens (including phenoxy) is 2. The van der Waals surface area contributed by atoms with Crippen LogP contribution in [0.15, 0.2) is 82.1 Å². The molecule has 0 saturated carbocycles. The van der Waals surface area contributed by atoms with Crippen LogP contribution in [0.4, 0.5) is 0 Å². The average Bonchev–Trinajstić information content (AvgIpc) is 3.22. The largest absolute Gasteiger partial charge is 0.493 e. The summed E-state index contributed by atoms with van der Waals surface area (Å²) in [5.74, 6) is 1.31. The number of methoxy groups -OCH3 is 2. The van der Waals surface area contributed by atoms with E-state index in [4.69, 9.17) is 14.5 Å². The molecule has 0 N–H and O–H groups in total. The molecule has 180 valence electrons. The molecule has 1 atom stereocenters. The van der Waals surface area contributed by atoms with E-state index in [0.29, 0.717) is 20.8 Å². The zero-order valence-corrected chi connectivity index (χ0v) is 22.8. The van der Waals surface area contributed by atoms with Gasteiger partial charge in [-0.1, -0.05) is 53.8 Å². The van der Waals surface area contributed by atoms with Crippen LogP contribution < -0.4 is 24.4 Å². The molecule has 4 aromatic rings. The van der Waals surface area contributed by atoms with Gasteiger partial charge < -0.3 is 9.47 Å². The number of thiazole rings is 1. The number of aryl methyl sites for hydroxylation is 1.